The van der Waals surface area contributed by atoms with Crippen molar-refractivity contribution in [3.05, 3.63) is 12.2 Å². The minimum atomic E-state index is -0.791. The van der Waals surface area contributed by atoms with Crippen molar-refractivity contribution in [3.63, 3.8) is 0 Å². The summed E-state index contributed by atoms with van der Waals surface area (Å²) in [6, 6.07) is 0. The number of aliphatic hydroxyl groups is 2. The maximum absolute atomic E-state index is 10.9. The third kappa shape index (κ3) is 14.7. The number of rotatable bonds is 17. The van der Waals surface area contributed by atoms with Crippen molar-refractivity contribution in [2.24, 2.45) is 5.92 Å². The van der Waals surface area contributed by atoms with E-state index in [-0.39, 0.29) is 12.7 Å². The number of unbranched alkanes of at least 4 members (excludes halogenated alkanes) is 7. The van der Waals surface area contributed by atoms with E-state index in [1.165, 1.54) is 19.3 Å². The van der Waals surface area contributed by atoms with Gasteiger partial charge in [-0.05, 0) is 38.5 Å². The van der Waals surface area contributed by atoms with Crippen molar-refractivity contribution < 1.29 is 20.1 Å². The van der Waals surface area contributed by atoms with E-state index in [0.717, 1.165) is 51.4 Å². The number of hydrogen-bond donors (Lipinski definition) is 3. The van der Waals surface area contributed by atoms with Gasteiger partial charge < -0.3 is 15.3 Å². The number of aliphatic hydroxyl groups excluding tert-OH is 2. The Labute approximate surface area is 148 Å². The number of carboxylic acids is 1. The Morgan fingerprint density at radius 2 is 1.58 bits per heavy atom. The molecular formula is C20H38O4. The van der Waals surface area contributed by atoms with Crippen molar-refractivity contribution >= 4 is 5.97 Å². The van der Waals surface area contributed by atoms with Crippen molar-refractivity contribution in [1.29, 1.82) is 0 Å². The average molecular weight is 343 g/mol. The summed E-state index contributed by atoms with van der Waals surface area (Å²) in [4.78, 5) is 10.9. The molecule has 0 rings (SSSR count). The molecule has 0 aromatic heterocycles. The molecule has 0 spiro atoms. The van der Waals surface area contributed by atoms with Gasteiger partial charge in [0, 0.05) is 6.61 Å². The van der Waals surface area contributed by atoms with Gasteiger partial charge in [-0.25, -0.2) is 0 Å². The van der Waals surface area contributed by atoms with Gasteiger partial charge in [0.25, 0.3) is 0 Å². The van der Waals surface area contributed by atoms with Gasteiger partial charge in [0.1, 0.15) is 0 Å². The summed E-state index contributed by atoms with van der Waals surface area (Å²) < 4.78 is 0. The van der Waals surface area contributed by atoms with Gasteiger partial charge in [0.05, 0.1) is 12.0 Å². The van der Waals surface area contributed by atoms with E-state index in [2.05, 4.69) is 19.1 Å². The monoisotopic (exact) mass is 342 g/mol. The van der Waals surface area contributed by atoms with Gasteiger partial charge in [-0.15, -0.1) is 0 Å². The van der Waals surface area contributed by atoms with Crippen molar-refractivity contribution in [2.75, 3.05) is 6.61 Å². The summed E-state index contributed by atoms with van der Waals surface area (Å²) in [6.45, 7) is 2.14. The molecule has 142 valence electrons. The molecule has 0 amide bonds. The fourth-order valence-corrected chi connectivity index (χ4v) is 2.85. The van der Waals surface area contributed by atoms with Crippen LogP contribution in [0.4, 0.5) is 0 Å². The summed E-state index contributed by atoms with van der Waals surface area (Å²) in [5.74, 6) is -1.19. The molecule has 3 N–H and O–H groups in total. The van der Waals surface area contributed by atoms with Crippen LogP contribution in [0.2, 0.25) is 0 Å². The molecule has 0 saturated carbocycles. The lowest BCUT2D eigenvalue weighted by atomic mass is 9.98. The van der Waals surface area contributed by atoms with Crippen LogP contribution in [0.3, 0.4) is 0 Å². The van der Waals surface area contributed by atoms with Crippen LogP contribution in [0.5, 0.6) is 0 Å². The highest BCUT2D eigenvalue weighted by atomic mass is 16.4. The third-order valence-electron chi connectivity index (χ3n) is 4.47. The predicted molar refractivity (Wildman–Crippen MR) is 99.1 cm³/mol. The maximum Gasteiger partial charge on any atom is 0.306 e. The first kappa shape index (κ1) is 23.1. The molecule has 0 aliphatic heterocycles. The van der Waals surface area contributed by atoms with Crippen LogP contribution in [0.15, 0.2) is 12.2 Å². The van der Waals surface area contributed by atoms with Crippen molar-refractivity contribution in [2.45, 2.75) is 96.5 Å². The Balaban J connectivity index is 3.47. The van der Waals surface area contributed by atoms with Crippen molar-refractivity contribution in [3.8, 4) is 0 Å². The number of carbonyl (C=O) groups is 1. The van der Waals surface area contributed by atoms with E-state index >= 15 is 0 Å². The third-order valence-corrected chi connectivity index (χ3v) is 4.47. The normalized spacial score (nSPS) is 14.1. The average Bonchev–Trinajstić information content (AvgIpc) is 2.56. The standard InChI is InChI=1S/C20H38O4/c1-2-3-4-11-14-19(22)15-12-9-7-5-6-8-10-13-18(16-17-21)20(23)24/h9,12,18-19,21-22H,2-8,10-11,13-17H2,1H3,(H,23,24)/b12-9-/t18?,19-/m1/s1. The van der Waals surface area contributed by atoms with E-state index in [1.54, 1.807) is 0 Å². The molecule has 4 heteroatoms. The lowest BCUT2D eigenvalue weighted by molar-refractivity contribution is -0.142. The minimum Gasteiger partial charge on any atom is -0.481 e. The van der Waals surface area contributed by atoms with Crippen LogP contribution < -0.4 is 0 Å². The van der Waals surface area contributed by atoms with E-state index in [4.69, 9.17) is 10.2 Å². The zero-order chi connectivity index (χ0) is 18.0. The number of allylic oxidation sites excluding steroid dienone is 1. The lowest BCUT2D eigenvalue weighted by Crippen LogP contribution is -2.15. The van der Waals surface area contributed by atoms with Crippen LogP contribution in [0.1, 0.15) is 90.4 Å². The topological polar surface area (TPSA) is 77.8 Å². The Bertz CT molecular complexity index is 315. The predicted octanol–water partition coefficient (Wildman–Crippen LogP) is 4.69. The SMILES string of the molecule is CCCCCC[C@@H](O)C/C=C\CCCCCCC(CCO)C(=O)O. The van der Waals surface area contributed by atoms with Gasteiger partial charge in [-0.1, -0.05) is 64.0 Å². The molecule has 0 aromatic rings. The molecule has 0 fully saturated rings. The Hall–Kier alpha value is -0.870. The Morgan fingerprint density at radius 3 is 2.25 bits per heavy atom. The second kappa shape index (κ2) is 17.0. The molecule has 0 aromatic carbocycles. The molecule has 0 aliphatic carbocycles. The quantitative estimate of drug-likeness (QED) is 0.265. The highest BCUT2D eigenvalue weighted by molar-refractivity contribution is 5.69. The van der Waals surface area contributed by atoms with Crippen LogP contribution >= 0.6 is 0 Å². The number of hydrogen-bond acceptors (Lipinski definition) is 3. The van der Waals surface area contributed by atoms with Gasteiger partial charge in [-0.3, -0.25) is 4.79 Å². The van der Waals surface area contributed by atoms with Crippen molar-refractivity contribution in [1.82, 2.24) is 0 Å². The van der Waals surface area contributed by atoms with Gasteiger partial charge in [0.2, 0.25) is 0 Å². The van der Waals surface area contributed by atoms with Gasteiger partial charge >= 0.3 is 5.97 Å². The molecule has 2 atom stereocenters. The molecule has 0 heterocycles. The molecule has 0 saturated heterocycles. The summed E-state index contributed by atoms with van der Waals surface area (Å²) in [5, 5.41) is 27.7. The van der Waals surface area contributed by atoms with Gasteiger partial charge in [-0.2, -0.15) is 0 Å². The fourth-order valence-electron chi connectivity index (χ4n) is 2.85. The summed E-state index contributed by atoms with van der Waals surface area (Å²) in [7, 11) is 0. The highest BCUT2D eigenvalue weighted by Crippen LogP contribution is 2.15. The zero-order valence-corrected chi connectivity index (χ0v) is 15.5. The van der Waals surface area contributed by atoms with Crippen LogP contribution in [0.25, 0.3) is 0 Å². The molecule has 4 nitrogen and oxygen atoms in total. The molecule has 0 bridgehead atoms. The van der Waals surface area contributed by atoms with Crippen LogP contribution in [0, 0.1) is 5.92 Å². The summed E-state index contributed by atoms with van der Waals surface area (Å²) in [6.07, 6.45) is 16.8. The molecule has 24 heavy (non-hydrogen) atoms. The number of aliphatic carboxylic acids is 1. The Kier molecular flexibility index (Phi) is 16.4. The van der Waals surface area contributed by atoms with E-state index in [9.17, 15) is 9.90 Å². The highest BCUT2D eigenvalue weighted by Gasteiger charge is 2.15. The summed E-state index contributed by atoms with van der Waals surface area (Å²) >= 11 is 0. The van der Waals surface area contributed by atoms with E-state index < -0.39 is 11.9 Å². The second-order valence-electron chi connectivity index (χ2n) is 6.75. The number of carboxylic acid groups (broad SMARTS) is 1. The first-order valence-corrected chi connectivity index (χ1v) is 9.78. The first-order chi connectivity index (χ1) is 11.6. The zero-order valence-electron chi connectivity index (χ0n) is 15.5. The van der Waals surface area contributed by atoms with E-state index in [0.29, 0.717) is 12.8 Å². The minimum absolute atomic E-state index is 0.0494. The van der Waals surface area contributed by atoms with Crippen LogP contribution in [-0.2, 0) is 4.79 Å². The molecule has 0 aliphatic rings. The first-order valence-electron chi connectivity index (χ1n) is 9.78. The molecule has 0 radical (unpaired) electrons. The molecule has 1 unspecified atom stereocenters. The van der Waals surface area contributed by atoms with Gasteiger partial charge in [0.15, 0.2) is 0 Å². The Morgan fingerprint density at radius 1 is 0.917 bits per heavy atom. The van der Waals surface area contributed by atoms with Crippen LogP contribution in [-0.4, -0.2) is 34.0 Å². The second-order valence-corrected chi connectivity index (χ2v) is 6.75. The summed E-state index contributed by atoms with van der Waals surface area (Å²) in [5.41, 5.74) is 0. The molecular weight excluding hydrogens is 304 g/mol. The fraction of sp³-hybridized carbons (Fsp3) is 0.850. The largest absolute Gasteiger partial charge is 0.481 e. The van der Waals surface area contributed by atoms with E-state index in [1.807, 2.05) is 0 Å². The lowest BCUT2D eigenvalue weighted by Gasteiger charge is -2.09. The smallest absolute Gasteiger partial charge is 0.306 e. The maximum atomic E-state index is 10.9.